The van der Waals surface area contributed by atoms with Crippen molar-refractivity contribution in [3.05, 3.63) is 22.3 Å². The third-order valence-electron chi connectivity index (χ3n) is 6.74. The van der Waals surface area contributed by atoms with Crippen molar-refractivity contribution < 1.29 is 38.0 Å². The number of esters is 2. The number of carbonyl (C=O) groups is 2. The van der Waals surface area contributed by atoms with Gasteiger partial charge in [-0.25, -0.2) is 9.59 Å². The van der Waals surface area contributed by atoms with E-state index < -0.39 is 17.5 Å². The van der Waals surface area contributed by atoms with Gasteiger partial charge in [-0.3, -0.25) is 0 Å². The first-order valence-electron chi connectivity index (χ1n) is 13.1. The minimum absolute atomic E-state index is 0.144. The molecule has 0 atom stereocenters. The van der Waals surface area contributed by atoms with Gasteiger partial charge in [0.2, 0.25) is 11.6 Å². The lowest BCUT2D eigenvalue weighted by molar-refractivity contribution is -0.0493. The minimum atomic E-state index is -1.03. The second kappa shape index (κ2) is 9.24. The first-order valence-corrected chi connectivity index (χ1v) is 16.4. The molecule has 0 saturated heterocycles. The predicted molar refractivity (Wildman–Crippen MR) is 161 cm³/mol. The lowest BCUT2D eigenvalue weighted by Gasteiger charge is -2.20. The van der Waals surface area contributed by atoms with E-state index in [4.69, 9.17) is 28.4 Å². The number of hydrogen-bond acceptors (Lipinski definition) is 12. The van der Waals surface area contributed by atoms with Crippen LogP contribution in [0.2, 0.25) is 0 Å². The summed E-state index contributed by atoms with van der Waals surface area (Å²) in [6.45, 7) is 15.8. The largest absolute Gasteiger partial charge is 0.465 e. The van der Waals surface area contributed by atoms with Crippen LogP contribution in [0.1, 0.15) is 87.2 Å². The molecule has 0 spiro atoms. The molecule has 220 valence electrons. The van der Waals surface area contributed by atoms with E-state index in [1.807, 2.05) is 0 Å². The first kappa shape index (κ1) is 29.1. The van der Waals surface area contributed by atoms with E-state index >= 15 is 0 Å². The van der Waals surface area contributed by atoms with Crippen molar-refractivity contribution in [2.24, 2.45) is 0 Å². The number of methoxy groups -OCH3 is 2. The number of thioether (sulfide) groups is 4. The smallest absolute Gasteiger partial charge is 0.345 e. The van der Waals surface area contributed by atoms with Gasteiger partial charge in [0.05, 0.1) is 27.9 Å². The molecule has 0 saturated carbocycles. The molecule has 0 bridgehead atoms. The van der Waals surface area contributed by atoms with E-state index in [0.717, 1.165) is 30.7 Å². The van der Waals surface area contributed by atoms with Crippen LogP contribution < -0.4 is 18.9 Å². The maximum absolute atomic E-state index is 13.2. The van der Waals surface area contributed by atoms with E-state index in [1.165, 1.54) is 14.2 Å². The second-order valence-electron chi connectivity index (χ2n) is 11.9. The Bertz CT molecular complexity index is 1340. The Labute approximate surface area is 256 Å². The molecule has 0 radical (unpaired) electrons. The third kappa shape index (κ3) is 4.73. The zero-order valence-corrected chi connectivity index (χ0v) is 27.9. The van der Waals surface area contributed by atoms with Crippen LogP contribution in [-0.4, -0.2) is 45.9 Å². The first-order chi connectivity index (χ1) is 19.0. The van der Waals surface area contributed by atoms with E-state index in [1.54, 1.807) is 74.7 Å². The minimum Gasteiger partial charge on any atom is -0.465 e. The molecule has 41 heavy (non-hydrogen) atoms. The average Bonchev–Trinajstić information content (AvgIpc) is 3.55. The van der Waals surface area contributed by atoms with Gasteiger partial charge in [0, 0.05) is 59.3 Å². The van der Waals surface area contributed by atoms with Crippen molar-refractivity contribution in [2.75, 3.05) is 14.2 Å². The van der Waals surface area contributed by atoms with Gasteiger partial charge in [-0.05, 0) is 33.3 Å². The molecular weight excluding hydrogens is 605 g/mol. The van der Waals surface area contributed by atoms with E-state index in [-0.39, 0.29) is 31.2 Å². The van der Waals surface area contributed by atoms with Crippen LogP contribution in [0, 0.1) is 0 Å². The van der Waals surface area contributed by atoms with Crippen LogP contribution in [0.3, 0.4) is 0 Å². The third-order valence-corrected chi connectivity index (χ3v) is 12.5. The summed E-state index contributed by atoms with van der Waals surface area (Å²) in [6, 6.07) is 0. The Kier molecular flexibility index (Phi) is 6.55. The van der Waals surface area contributed by atoms with Gasteiger partial charge in [-0.2, -0.15) is 0 Å². The van der Waals surface area contributed by atoms with Crippen LogP contribution >= 0.6 is 47.0 Å². The summed E-state index contributed by atoms with van der Waals surface area (Å²) in [6.07, 6.45) is 0.407. The van der Waals surface area contributed by atoms with Gasteiger partial charge in [0.25, 0.3) is 0 Å². The Balaban J connectivity index is 1.63. The summed E-state index contributed by atoms with van der Waals surface area (Å²) in [5.41, 5.74) is 2.57. The van der Waals surface area contributed by atoms with Crippen LogP contribution in [0.25, 0.3) is 0 Å². The van der Waals surface area contributed by atoms with Gasteiger partial charge in [-0.15, -0.1) is 47.0 Å². The van der Waals surface area contributed by atoms with Gasteiger partial charge in [-0.1, -0.05) is 0 Å². The second-order valence-corrected chi connectivity index (χ2v) is 19.0. The monoisotopic (exact) mass is 636 g/mol. The molecule has 2 aromatic rings. The van der Waals surface area contributed by atoms with E-state index in [0.29, 0.717) is 23.5 Å². The molecule has 12 heteroatoms. The Morgan fingerprint density at radius 2 is 0.927 bits per heavy atom. The summed E-state index contributed by atoms with van der Waals surface area (Å²) in [5.74, 6) is -1.56. The maximum atomic E-state index is 13.2. The van der Waals surface area contributed by atoms with Gasteiger partial charge >= 0.3 is 11.9 Å². The van der Waals surface area contributed by atoms with Crippen LogP contribution in [0.4, 0.5) is 0 Å². The number of ether oxygens (including phenoxy) is 6. The number of rotatable bonds is 4. The molecule has 0 aromatic heterocycles. The van der Waals surface area contributed by atoms with Crippen molar-refractivity contribution >= 4 is 59.0 Å². The summed E-state index contributed by atoms with van der Waals surface area (Å²) < 4.78 is 35.2. The SMILES string of the molecule is COC(=O)c1c2c(c(Cc3c4c(c(C(=O)OC)c5c3SC(C)(C)S5)SC(C)(C)S4)c3c1OC(C)(C)O3)OC(C)(C)O2. The van der Waals surface area contributed by atoms with E-state index in [9.17, 15) is 9.59 Å². The number of carbonyl (C=O) groups excluding carboxylic acids is 2. The highest BCUT2D eigenvalue weighted by molar-refractivity contribution is 8.21. The Hall–Kier alpha value is -2.02. The average molecular weight is 637 g/mol. The van der Waals surface area contributed by atoms with Crippen molar-refractivity contribution in [1.82, 2.24) is 0 Å². The molecule has 2 aromatic carbocycles. The van der Waals surface area contributed by atoms with Crippen molar-refractivity contribution in [2.45, 2.75) is 101 Å². The fourth-order valence-corrected chi connectivity index (χ4v) is 11.3. The highest BCUT2D eigenvalue weighted by Crippen LogP contribution is 2.67. The van der Waals surface area contributed by atoms with Crippen LogP contribution in [0.15, 0.2) is 19.6 Å². The Morgan fingerprint density at radius 3 is 1.34 bits per heavy atom. The maximum Gasteiger partial charge on any atom is 0.345 e. The zero-order chi connectivity index (χ0) is 29.9. The fourth-order valence-electron chi connectivity index (χ4n) is 5.36. The molecular formula is C29H32O8S4. The molecule has 4 heterocycles. The van der Waals surface area contributed by atoms with Crippen LogP contribution in [0.5, 0.6) is 23.0 Å². The molecule has 0 N–H and O–H groups in total. The summed E-state index contributed by atoms with van der Waals surface area (Å²) in [4.78, 5) is 30.2. The van der Waals surface area contributed by atoms with Crippen LogP contribution in [-0.2, 0) is 15.9 Å². The van der Waals surface area contributed by atoms with Crippen molar-refractivity contribution in [1.29, 1.82) is 0 Å². The standard InChI is InChI=1S/C29H32O8S4/c1-26(2)34-16-12(17-19(37-27(3,4)35-17)14(18(16)36-26)24(30)32-9)11-13-20-22(40-28(5,6)38-20)15(25(31)33-10)23-21(13)39-29(7,8)41-23/h11H2,1-10H3. The lowest BCUT2D eigenvalue weighted by Crippen LogP contribution is -2.31. The van der Waals surface area contributed by atoms with Crippen molar-refractivity contribution in [3.8, 4) is 23.0 Å². The highest BCUT2D eigenvalue weighted by Gasteiger charge is 2.49. The molecule has 4 aliphatic heterocycles. The number of hydrogen-bond donors (Lipinski definition) is 0. The zero-order valence-electron chi connectivity index (χ0n) is 24.6. The summed E-state index contributed by atoms with van der Waals surface area (Å²) in [7, 11) is 2.75. The summed E-state index contributed by atoms with van der Waals surface area (Å²) >= 11 is 6.84. The molecule has 0 unspecified atom stereocenters. The molecule has 4 aliphatic rings. The lowest BCUT2D eigenvalue weighted by atomic mass is 9.98. The normalized spacial score (nSPS) is 20.9. The highest BCUT2D eigenvalue weighted by atomic mass is 32.2. The summed E-state index contributed by atoms with van der Waals surface area (Å²) in [5, 5.41) is 0. The molecule has 0 aliphatic carbocycles. The quantitative estimate of drug-likeness (QED) is 0.308. The number of fused-ring (bicyclic) bond motifs is 4. The number of benzene rings is 2. The predicted octanol–water partition coefficient (Wildman–Crippen LogP) is 7.73. The van der Waals surface area contributed by atoms with E-state index in [2.05, 4.69) is 27.7 Å². The topological polar surface area (TPSA) is 89.5 Å². The Morgan fingerprint density at radius 1 is 0.561 bits per heavy atom. The van der Waals surface area contributed by atoms with Gasteiger partial charge in [0.15, 0.2) is 28.6 Å². The van der Waals surface area contributed by atoms with Gasteiger partial charge < -0.3 is 28.4 Å². The molecule has 8 nitrogen and oxygen atoms in total. The molecule has 6 rings (SSSR count). The molecule has 0 amide bonds. The van der Waals surface area contributed by atoms with Gasteiger partial charge in [0.1, 0.15) is 0 Å². The molecule has 0 fully saturated rings. The fraction of sp³-hybridized carbons (Fsp3) is 0.517. The van der Waals surface area contributed by atoms with Crippen molar-refractivity contribution in [3.63, 3.8) is 0 Å².